The van der Waals surface area contributed by atoms with Crippen LogP contribution in [0, 0.1) is 6.92 Å². The molecule has 0 unspecified atom stereocenters. The average molecular weight is 338 g/mol. The fourth-order valence-electron chi connectivity index (χ4n) is 2.80. The van der Waals surface area contributed by atoms with Gasteiger partial charge in [0.15, 0.2) is 5.82 Å². The van der Waals surface area contributed by atoms with Crippen molar-refractivity contribution in [2.24, 2.45) is 0 Å². The summed E-state index contributed by atoms with van der Waals surface area (Å²) in [7, 11) is 0. The summed E-state index contributed by atoms with van der Waals surface area (Å²) < 4.78 is 1.92. The summed E-state index contributed by atoms with van der Waals surface area (Å²) in [6, 6.07) is 1.92. The van der Waals surface area contributed by atoms with E-state index in [2.05, 4.69) is 15.1 Å². The van der Waals surface area contributed by atoms with Crippen molar-refractivity contribution in [1.29, 1.82) is 0 Å². The van der Waals surface area contributed by atoms with Crippen molar-refractivity contribution in [2.75, 3.05) is 11.4 Å². The number of rotatable bonds is 3. The van der Waals surface area contributed by atoms with Gasteiger partial charge in [0.25, 0.3) is 5.56 Å². The van der Waals surface area contributed by atoms with E-state index in [4.69, 9.17) is 11.6 Å². The summed E-state index contributed by atoms with van der Waals surface area (Å²) in [6.45, 7) is 5.72. The van der Waals surface area contributed by atoms with Gasteiger partial charge in [-0.2, -0.15) is 5.10 Å². The van der Waals surface area contributed by atoms with Crippen molar-refractivity contribution in [3.63, 3.8) is 0 Å². The van der Waals surface area contributed by atoms with Crippen molar-refractivity contribution in [1.82, 2.24) is 19.7 Å². The third kappa shape index (κ3) is 3.11. The molecule has 124 valence electrons. The maximum absolute atomic E-state index is 11.9. The smallest absolute Gasteiger partial charge is 0.271 e. The maximum Gasteiger partial charge on any atom is 0.271 e. The highest BCUT2D eigenvalue weighted by atomic mass is 35.5. The number of nitrogens with zero attached hydrogens (tertiary/aromatic N) is 4. The lowest BCUT2D eigenvalue weighted by molar-refractivity contribution is 0.168. The first-order valence-electron chi connectivity index (χ1n) is 7.75. The highest BCUT2D eigenvalue weighted by Crippen LogP contribution is 2.25. The molecule has 0 saturated carbocycles. The number of aromatic amines is 1. The molecule has 2 aromatic heterocycles. The molecule has 0 aliphatic carbocycles. The Kier molecular flexibility index (Phi) is 4.41. The Balaban J connectivity index is 1.95. The minimum absolute atomic E-state index is 0.109. The van der Waals surface area contributed by atoms with Crippen molar-refractivity contribution in [3.05, 3.63) is 38.7 Å². The first-order valence-corrected chi connectivity index (χ1v) is 8.13. The molecular weight excluding hydrogens is 318 g/mol. The molecule has 0 radical (unpaired) electrons. The van der Waals surface area contributed by atoms with Gasteiger partial charge in [-0.05, 0) is 25.8 Å². The molecule has 0 amide bonds. The molecule has 0 spiro atoms. The van der Waals surface area contributed by atoms with Crippen LogP contribution in [0.1, 0.15) is 43.1 Å². The normalized spacial score (nSPS) is 16.1. The van der Waals surface area contributed by atoms with E-state index in [1.807, 2.05) is 22.6 Å². The highest BCUT2D eigenvalue weighted by molar-refractivity contribution is 6.32. The van der Waals surface area contributed by atoms with Crippen LogP contribution in [-0.4, -0.2) is 31.4 Å². The Bertz CT molecular complexity index is 770. The second-order valence-electron chi connectivity index (χ2n) is 5.77. The molecule has 3 heterocycles. The topological polar surface area (TPSA) is 87.0 Å². The van der Waals surface area contributed by atoms with E-state index in [0.29, 0.717) is 30.3 Å². The van der Waals surface area contributed by atoms with E-state index in [9.17, 15) is 9.90 Å². The van der Waals surface area contributed by atoms with Crippen molar-refractivity contribution < 1.29 is 5.11 Å². The van der Waals surface area contributed by atoms with Crippen LogP contribution in [0.5, 0.6) is 0 Å². The Morgan fingerprint density at radius 3 is 3.00 bits per heavy atom. The molecular formula is C15H20ClN5O2. The molecule has 0 fully saturated rings. The van der Waals surface area contributed by atoms with E-state index >= 15 is 0 Å². The zero-order chi connectivity index (χ0) is 16.6. The number of anilines is 1. The molecule has 1 aliphatic rings. The van der Waals surface area contributed by atoms with Gasteiger partial charge in [-0.25, -0.2) is 4.98 Å². The van der Waals surface area contributed by atoms with Crippen LogP contribution in [0.25, 0.3) is 0 Å². The van der Waals surface area contributed by atoms with Crippen molar-refractivity contribution >= 4 is 17.4 Å². The van der Waals surface area contributed by atoms with E-state index in [1.165, 1.54) is 0 Å². The van der Waals surface area contributed by atoms with E-state index in [0.717, 1.165) is 25.2 Å². The van der Waals surface area contributed by atoms with Gasteiger partial charge in [0.1, 0.15) is 10.8 Å². The van der Waals surface area contributed by atoms with Gasteiger partial charge in [-0.1, -0.05) is 18.5 Å². The van der Waals surface area contributed by atoms with Gasteiger partial charge in [0.2, 0.25) is 0 Å². The standard InChI is InChI=1S/C15H20ClN5O2/c1-3-12(22)11-7-10-8-20(5-4-6-21(10)19-11)14-13(16)15(23)18-9(2)17-14/h7,12,22H,3-6,8H2,1-2H3,(H,17,18,23)/t12-/m0/s1. The summed E-state index contributed by atoms with van der Waals surface area (Å²) in [5.74, 6) is 1.04. The first kappa shape index (κ1) is 16.0. The molecule has 1 aliphatic heterocycles. The summed E-state index contributed by atoms with van der Waals surface area (Å²) >= 11 is 6.15. The van der Waals surface area contributed by atoms with E-state index in [1.54, 1.807) is 6.92 Å². The largest absolute Gasteiger partial charge is 0.387 e. The third-order valence-corrected chi connectivity index (χ3v) is 4.37. The van der Waals surface area contributed by atoms with Gasteiger partial charge >= 0.3 is 0 Å². The number of aliphatic hydroxyl groups excluding tert-OH is 1. The molecule has 23 heavy (non-hydrogen) atoms. The number of aliphatic hydroxyl groups is 1. The van der Waals surface area contributed by atoms with E-state index in [-0.39, 0.29) is 10.6 Å². The molecule has 0 bridgehead atoms. The molecule has 0 aromatic carbocycles. The van der Waals surface area contributed by atoms with Gasteiger partial charge in [-0.3, -0.25) is 9.48 Å². The summed E-state index contributed by atoms with van der Waals surface area (Å²) in [5.41, 5.74) is 1.35. The van der Waals surface area contributed by atoms with Gasteiger partial charge < -0.3 is 15.0 Å². The zero-order valence-electron chi connectivity index (χ0n) is 13.2. The van der Waals surface area contributed by atoms with Crippen LogP contribution in [0.4, 0.5) is 5.82 Å². The van der Waals surface area contributed by atoms with Gasteiger partial charge in [0.05, 0.1) is 24.0 Å². The molecule has 2 aromatic rings. The summed E-state index contributed by atoms with van der Waals surface area (Å²) in [6.07, 6.45) is 0.937. The highest BCUT2D eigenvalue weighted by Gasteiger charge is 2.22. The number of aryl methyl sites for hydroxylation is 2. The Morgan fingerprint density at radius 1 is 1.48 bits per heavy atom. The SMILES string of the molecule is CC[C@H](O)c1cc2n(n1)CCCN(c1nc(C)[nH]c(=O)c1Cl)C2. The number of nitrogens with one attached hydrogen (secondary N) is 1. The second kappa shape index (κ2) is 6.33. The minimum atomic E-state index is -0.550. The third-order valence-electron chi connectivity index (χ3n) is 4.02. The van der Waals surface area contributed by atoms with Crippen LogP contribution >= 0.6 is 11.6 Å². The number of hydrogen-bond acceptors (Lipinski definition) is 5. The van der Waals surface area contributed by atoms with Gasteiger partial charge in [-0.15, -0.1) is 0 Å². The van der Waals surface area contributed by atoms with Crippen LogP contribution in [0.15, 0.2) is 10.9 Å². The average Bonchev–Trinajstić information content (AvgIpc) is 2.82. The van der Waals surface area contributed by atoms with Crippen molar-refractivity contribution in [3.8, 4) is 0 Å². The number of halogens is 1. The minimum Gasteiger partial charge on any atom is -0.387 e. The molecule has 7 nitrogen and oxygen atoms in total. The van der Waals surface area contributed by atoms with Crippen LogP contribution in [0.2, 0.25) is 5.02 Å². The Hall–Kier alpha value is -1.86. The van der Waals surface area contributed by atoms with E-state index < -0.39 is 6.10 Å². The summed E-state index contributed by atoms with van der Waals surface area (Å²) in [5, 5.41) is 14.6. The number of hydrogen-bond donors (Lipinski definition) is 2. The maximum atomic E-state index is 11.9. The van der Waals surface area contributed by atoms with Crippen molar-refractivity contribution in [2.45, 2.75) is 45.9 Å². The number of H-pyrrole nitrogens is 1. The lowest BCUT2D eigenvalue weighted by Gasteiger charge is -2.22. The fourth-order valence-corrected chi connectivity index (χ4v) is 3.01. The Labute approximate surface area is 138 Å². The molecule has 0 saturated heterocycles. The van der Waals surface area contributed by atoms with Crippen LogP contribution in [0.3, 0.4) is 0 Å². The molecule has 3 rings (SSSR count). The Morgan fingerprint density at radius 2 is 2.26 bits per heavy atom. The first-order chi connectivity index (χ1) is 11.0. The fraction of sp³-hybridized carbons (Fsp3) is 0.533. The quantitative estimate of drug-likeness (QED) is 0.891. The van der Waals surface area contributed by atoms with Gasteiger partial charge in [0, 0.05) is 13.1 Å². The number of fused-ring (bicyclic) bond motifs is 1. The monoisotopic (exact) mass is 337 g/mol. The van der Waals surface area contributed by atoms with Crippen LogP contribution < -0.4 is 10.5 Å². The second-order valence-corrected chi connectivity index (χ2v) is 6.15. The zero-order valence-corrected chi connectivity index (χ0v) is 14.0. The number of aromatic nitrogens is 4. The lowest BCUT2D eigenvalue weighted by atomic mass is 10.2. The molecule has 1 atom stereocenters. The predicted octanol–water partition coefficient (Wildman–Crippen LogP) is 1.78. The predicted molar refractivity (Wildman–Crippen MR) is 87.7 cm³/mol. The summed E-state index contributed by atoms with van der Waals surface area (Å²) in [4.78, 5) is 20.8. The molecule has 8 heteroatoms. The lowest BCUT2D eigenvalue weighted by Crippen LogP contribution is -2.27. The van der Waals surface area contributed by atoms with Crippen LogP contribution in [-0.2, 0) is 13.1 Å². The molecule has 2 N–H and O–H groups in total.